The molecule has 0 radical (unpaired) electrons. The first-order valence-corrected chi connectivity index (χ1v) is 14.2. The first-order chi connectivity index (χ1) is 19.6. The third kappa shape index (κ3) is 4.55. The minimum atomic E-state index is -0.398. The SMILES string of the molecule is Cc1cccc2cc([C@H](c3nnnn3Cc3ccccc3)N3CCN(c4nc5ccccc5s4)CC3)c(=O)[nH]c12. The van der Waals surface area contributed by atoms with Crippen molar-refractivity contribution in [2.45, 2.75) is 19.5 Å². The molecule has 1 aliphatic rings. The standard InChI is InChI=1S/C30H28N8OS/c1-20-8-7-11-22-18-23(29(39)32-26(20)22)27(28-33-34-35-38(28)19-21-9-3-2-4-10-21)36-14-16-37(17-15-36)30-31-24-12-5-6-13-25(24)40-30/h2-13,18,27H,14-17,19H2,1H3,(H,32,39)/t27-/m1/s1. The Labute approximate surface area is 234 Å². The molecule has 9 nitrogen and oxygen atoms in total. The maximum Gasteiger partial charge on any atom is 0.253 e. The van der Waals surface area contributed by atoms with E-state index in [0.29, 0.717) is 17.9 Å². The lowest BCUT2D eigenvalue weighted by Gasteiger charge is -2.38. The molecular weight excluding hydrogens is 520 g/mol. The number of fused-ring (bicyclic) bond motifs is 2. The number of nitrogens with zero attached hydrogens (tertiary/aromatic N) is 7. The van der Waals surface area contributed by atoms with Crippen LogP contribution in [-0.4, -0.2) is 61.3 Å². The average molecular weight is 549 g/mol. The van der Waals surface area contributed by atoms with Gasteiger partial charge in [0.05, 0.1) is 22.3 Å². The molecule has 1 aliphatic heterocycles. The number of rotatable bonds is 6. The number of aromatic amines is 1. The zero-order valence-electron chi connectivity index (χ0n) is 22.1. The van der Waals surface area contributed by atoms with Gasteiger partial charge in [-0.3, -0.25) is 9.69 Å². The van der Waals surface area contributed by atoms with E-state index in [4.69, 9.17) is 4.98 Å². The second-order valence-electron chi connectivity index (χ2n) is 10.2. The molecular formula is C30H28N8OS. The summed E-state index contributed by atoms with van der Waals surface area (Å²) in [6.45, 7) is 5.60. The van der Waals surface area contributed by atoms with Gasteiger partial charge in [0.2, 0.25) is 0 Å². The molecule has 4 heterocycles. The van der Waals surface area contributed by atoms with Gasteiger partial charge >= 0.3 is 0 Å². The predicted octanol–water partition coefficient (Wildman–Crippen LogP) is 4.39. The smallest absolute Gasteiger partial charge is 0.253 e. The summed E-state index contributed by atoms with van der Waals surface area (Å²) in [5, 5.41) is 14.9. The summed E-state index contributed by atoms with van der Waals surface area (Å²) in [5.41, 5.74) is 4.56. The summed E-state index contributed by atoms with van der Waals surface area (Å²) in [7, 11) is 0. The Balaban J connectivity index is 1.25. The summed E-state index contributed by atoms with van der Waals surface area (Å²) in [6.07, 6.45) is 0. The van der Waals surface area contributed by atoms with Gasteiger partial charge in [0, 0.05) is 31.7 Å². The van der Waals surface area contributed by atoms with Gasteiger partial charge in [0.25, 0.3) is 5.56 Å². The highest BCUT2D eigenvalue weighted by molar-refractivity contribution is 7.22. The molecule has 0 spiro atoms. The van der Waals surface area contributed by atoms with Crippen molar-refractivity contribution >= 4 is 37.6 Å². The van der Waals surface area contributed by atoms with Crippen LogP contribution in [0.2, 0.25) is 0 Å². The average Bonchev–Trinajstić information content (AvgIpc) is 3.62. The summed E-state index contributed by atoms with van der Waals surface area (Å²) in [4.78, 5) is 26.3. The van der Waals surface area contributed by atoms with Crippen molar-refractivity contribution in [2.24, 2.45) is 0 Å². The third-order valence-corrected chi connectivity index (χ3v) is 8.72. The monoisotopic (exact) mass is 548 g/mol. The fourth-order valence-corrected chi connectivity index (χ4v) is 6.56. The third-order valence-electron chi connectivity index (χ3n) is 7.62. The van der Waals surface area contributed by atoms with Crippen molar-refractivity contribution in [3.05, 3.63) is 112 Å². The Kier molecular flexibility index (Phi) is 6.33. The van der Waals surface area contributed by atoms with E-state index in [-0.39, 0.29) is 5.56 Å². The Morgan fingerprint density at radius 3 is 2.58 bits per heavy atom. The number of para-hydroxylation sites is 2. The maximum atomic E-state index is 13.6. The molecule has 6 aromatic rings. The molecule has 10 heteroatoms. The Bertz CT molecular complexity index is 1820. The molecule has 7 rings (SSSR count). The number of benzene rings is 3. The minimum absolute atomic E-state index is 0.116. The highest BCUT2D eigenvalue weighted by Crippen LogP contribution is 2.32. The lowest BCUT2D eigenvalue weighted by atomic mass is 10.0. The summed E-state index contributed by atoms with van der Waals surface area (Å²) in [5.74, 6) is 0.662. The largest absolute Gasteiger partial charge is 0.345 e. The molecule has 1 saturated heterocycles. The van der Waals surface area contributed by atoms with Crippen LogP contribution in [0.25, 0.3) is 21.1 Å². The molecule has 0 saturated carbocycles. The zero-order chi connectivity index (χ0) is 27.1. The van der Waals surface area contributed by atoms with E-state index in [1.165, 1.54) is 4.70 Å². The summed E-state index contributed by atoms with van der Waals surface area (Å²) < 4.78 is 3.01. The van der Waals surface area contributed by atoms with Crippen molar-refractivity contribution < 1.29 is 0 Å². The number of tetrazole rings is 1. The van der Waals surface area contributed by atoms with E-state index in [9.17, 15) is 4.79 Å². The Morgan fingerprint density at radius 1 is 0.950 bits per heavy atom. The van der Waals surface area contributed by atoms with Crippen LogP contribution in [-0.2, 0) is 6.54 Å². The fraction of sp³-hybridized carbons (Fsp3) is 0.233. The molecule has 1 atom stereocenters. The second-order valence-corrected chi connectivity index (χ2v) is 11.2. The number of pyridine rings is 1. The van der Waals surface area contributed by atoms with E-state index >= 15 is 0 Å². The van der Waals surface area contributed by atoms with Crippen LogP contribution < -0.4 is 10.5 Å². The van der Waals surface area contributed by atoms with Crippen LogP contribution in [0, 0.1) is 6.92 Å². The van der Waals surface area contributed by atoms with Crippen molar-refractivity contribution in [3.8, 4) is 0 Å². The van der Waals surface area contributed by atoms with Crippen LogP contribution >= 0.6 is 11.3 Å². The van der Waals surface area contributed by atoms with E-state index in [1.54, 1.807) is 11.3 Å². The van der Waals surface area contributed by atoms with Crippen LogP contribution in [0.5, 0.6) is 0 Å². The first-order valence-electron chi connectivity index (χ1n) is 13.4. The quantitative estimate of drug-likeness (QED) is 0.330. The topological polar surface area (TPSA) is 95.8 Å². The van der Waals surface area contributed by atoms with E-state index in [2.05, 4.69) is 60.6 Å². The number of H-pyrrole nitrogens is 1. The minimum Gasteiger partial charge on any atom is -0.345 e. The van der Waals surface area contributed by atoms with E-state index < -0.39 is 6.04 Å². The van der Waals surface area contributed by atoms with Gasteiger partial charge in [-0.1, -0.05) is 72.0 Å². The molecule has 3 aromatic carbocycles. The van der Waals surface area contributed by atoms with Crippen LogP contribution in [0.15, 0.2) is 83.7 Å². The van der Waals surface area contributed by atoms with Gasteiger partial charge in [0.15, 0.2) is 11.0 Å². The van der Waals surface area contributed by atoms with Crippen molar-refractivity contribution in [2.75, 3.05) is 31.1 Å². The summed E-state index contributed by atoms with van der Waals surface area (Å²) >= 11 is 1.72. The Hall–Kier alpha value is -4.41. The normalized spacial score (nSPS) is 15.2. The highest BCUT2D eigenvalue weighted by atomic mass is 32.1. The molecule has 0 unspecified atom stereocenters. The molecule has 0 bridgehead atoms. The highest BCUT2D eigenvalue weighted by Gasteiger charge is 2.33. The fourth-order valence-electron chi connectivity index (χ4n) is 5.55. The number of piperazine rings is 1. The molecule has 200 valence electrons. The molecule has 0 amide bonds. The van der Waals surface area contributed by atoms with E-state index in [0.717, 1.165) is 58.9 Å². The molecule has 1 fully saturated rings. The van der Waals surface area contributed by atoms with Gasteiger partial charge in [-0.25, -0.2) is 9.67 Å². The lowest BCUT2D eigenvalue weighted by Crippen LogP contribution is -2.49. The van der Waals surface area contributed by atoms with Crippen LogP contribution in [0.4, 0.5) is 5.13 Å². The van der Waals surface area contributed by atoms with Crippen molar-refractivity contribution in [3.63, 3.8) is 0 Å². The van der Waals surface area contributed by atoms with Crippen LogP contribution in [0.3, 0.4) is 0 Å². The summed E-state index contributed by atoms with van der Waals surface area (Å²) in [6, 6.07) is 26.1. The number of aromatic nitrogens is 6. The predicted molar refractivity (Wildman–Crippen MR) is 158 cm³/mol. The number of hydrogen-bond acceptors (Lipinski definition) is 8. The lowest BCUT2D eigenvalue weighted by molar-refractivity contribution is 0.200. The van der Waals surface area contributed by atoms with E-state index in [1.807, 2.05) is 60.1 Å². The number of aryl methyl sites for hydroxylation is 1. The number of hydrogen-bond donors (Lipinski definition) is 1. The van der Waals surface area contributed by atoms with Gasteiger partial charge in [-0.15, -0.1) is 5.10 Å². The number of anilines is 1. The van der Waals surface area contributed by atoms with Gasteiger partial charge < -0.3 is 9.88 Å². The molecule has 3 aromatic heterocycles. The Morgan fingerprint density at radius 2 is 1.75 bits per heavy atom. The zero-order valence-corrected chi connectivity index (χ0v) is 22.9. The maximum absolute atomic E-state index is 13.6. The molecule has 40 heavy (non-hydrogen) atoms. The first kappa shape index (κ1) is 24.6. The van der Waals surface area contributed by atoms with Crippen LogP contribution in [0.1, 0.15) is 28.6 Å². The number of thiazole rings is 1. The van der Waals surface area contributed by atoms with Crippen molar-refractivity contribution in [1.82, 2.24) is 35.1 Å². The van der Waals surface area contributed by atoms with Gasteiger partial charge in [0.1, 0.15) is 6.04 Å². The molecule has 0 aliphatic carbocycles. The molecule has 1 N–H and O–H groups in total. The van der Waals surface area contributed by atoms with Gasteiger partial charge in [-0.2, -0.15) is 0 Å². The van der Waals surface area contributed by atoms with Gasteiger partial charge in [-0.05, 0) is 52.1 Å². The second kappa shape index (κ2) is 10.3. The van der Waals surface area contributed by atoms with Crippen molar-refractivity contribution in [1.29, 1.82) is 0 Å². The number of nitrogens with one attached hydrogen (secondary N) is 1.